The van der Waals surface area contributed by atoms with Gasteiger partial charge in [-0.3, -0.25) is 4.79 Å². The summed E-state index contributed by atoms with van der Waals surface area (Å²) >= 11 is 5.62. The van der Waals surface area contributed by atoms with E-state index in [9.17, 15) is 18.0 Å². The maximum Gasteiger partial charge on any atom is 0.414 e. The molecule has 2 heterocycles. The van der Waals surface area contributed by atoms with Crippen LogP contribution in [-0.2, 0) is 9.53 Å². The van der Waals surface area contributed by atoms with Crippen LogP contribution in [0.1, 0.15) is 37.6 Å². The van der Waals surface area contributed by atoms with Gasteiger partial charge in [0, 0.05) is 25.1 Å². The Morgan fingerprint density at radius 1 is 1.26 bits per heavy atom. The smallest absolute Gasteiger partial charge is 0.414 e. The van der Waals surface area contributed by atoms with Crippen LogP contribution in [0.15, 0.2) is 22.6 Å². The Morgan fingerprint density at radius 3 is 2.77 bits per heavy atom. The first-order valence-corrected chi connectivity index (χ1v) is 11.7. The molecule has 190 valence electrons. The van der Waals surface area contributed by atoms with Gasteiger partial charge in [0.25, 0.3) is 11.8 Å². The average Bonchev–Trinajstić information content (AvgIpc) is 3.56. The minimum absolute atomic E-state index is 0.0149. The first-order valence-electron chi connectivity index (χ1n) is 11.3. The number of carbonyl (C=O) groups excluding carboxylic acids is 1. The highest BCUT2D eigenvalue weighted by Crippen LogP contribution is 2.76. The lowest BCUT2D eigenvalue weighted by molar-refractivity contribution is -0.124. The number of hydrogen-bond acceptors (Lipinski definition) is 8. The summed E-state index contributed by atoms with van der Waals surface area (Å²) in [6.45, 7) is 0.516. The molecule has 2 saturated carbocycles. The van der Waals surface area contributed by atoms with E-state index >= 15 is 0 Å². The molecule has 1 saturated heterocycles. The third-order valence-electron chi connectivity index (χ3n) is 6.54. The fourth-order valence-corrected chi connectivity index (χ4v) is 4.44. The topological polar surface area (TPSA) is 108 Å². The van der Waals surface area contributed by atoms with Gasteiger partial charge in [-0.1, -0.05) is 16.7 Å². The molecule has 4 atom stereocenters. The lowest BCUT2D eigenvalue weighted by Crippen LogP contribution is -2.48. The molecule has 9 nitrogen and oxygen atoms in total. The van der Waals surface area contributed by atoms with Crippen molar-refractivity contribution in [3.63, 3.8) is 0 Å². The Balaban J connectivity index is 0.977. The van der Waals surface area contributed by atoms with Gasteiger partial charge in [0.2, 0.25) is 5.89 Å². The Kier molecular flexibility index (Phi) is 6.53. The fourth-order valence-electron chi connectivity index (χ4n) is 4.33. The van der Waals surface area contributed by atoms with E-state index in [-0.39, 0.29) is 61.1 Å². The molecule has 3 fully saturated rings. The van der Waals surface area contributed by atoms with Crippen LogP contribution in [0.25, 0.3) is 0 Å². The second-order valence-corrected chi connectivity index (χ2v) is 9.43. The maximum atomic E-state index is 13.4. The first-order chi connectivity index (χ1) is 16.8. The van der Waals surface area contributed by atoms with Crippen molar-refractivity contribution in [3.05, 3.63) is 34.9 Å². The van der Waals surface area contributed by atoms with Gasteiger partial charge in [0.05, 0.1) is 29.2 Å². The van der Waals surface area contributed by atoms with E-state index in [2.05, 4.69) is 20.8 Å². The third-order valence-corrected chi connectivity index (χ3v) is 6.84. The SMILES string of the molecule is O=C(COc1ccc(Cl)c(F)c1)NC1CC[C@H](c2nnc(OCCO[C@@H]3CC34CC4(F)F)o2)NC1. The zero-order chi connectivity index (χ0) is 24.6. The Hall–Kier alpha value is -2.57. The Bertz CT molecular complexity index is 1080. The van der Waals surface area contributed by atoms with Gasteiger partial charge in [0.1, 0.15) is 18.2 Å². The standard InChI is InChI=1S/C22H24ClF3N4O5/c23-14-3-2-13(7-15(14)24)34-10-18(31)28-12-1-4-16(27-9-12)19-29-30-20(35-19)33-6-5-32-17-8-21(17)11-22(21,25)26/h2-3,7,12,16-17,27H,1,4-6,8-11H2,(H,28,31)/t12?,16-,17-,21?/m1/s1. The Morgan fingerprint density at radius 2 is 2.09 bits per heavy atom. The molecular weight excluding hydrogens is 493 g/mol. The summed E-state index contributed by atoms with van der Waals surface area (Å²) in [5.41, 5.74) is -0.919. The number of alkyl halides is 2. The van der Waals surface area contributed by atoms with E-state index in [0.29, 0.717) is 31.7 Å². The van der Waals surface area contributed by atoms with Crippen molar-refractivity contribution >= 4 is 17.5 Å². The van der Waals surface area contributed by atoms with Gasteiger partial charge in [-0.25, -0.2) is 13.2 Å². The first kappa shape index (κ1) is 24.1. The van der Waals surface area contributed by atoms with E-state index in [1.165, 1.54) is 12.1 Å². The lowest BCUT2D eigenvalue weighted by atomic mass is 10.0. The summed E-state index contributed by atoms with van der Waals surface area (Å²) in [6.07, 6.45) is 1.20. The predicted molar refractivity (Wildman–Crippen MR) is 115 cm³/mol. The summed E-state index contributed by atoms with van der Waals surface area (Å²) in [5, 5.41) is 13.9. The summed E-state index contributed by atoms with van der Waals surface area (Å²) in [7, 11) is 0. The van der Waals surface area contributed by atoms with Crippen molar-refractivity contribution in [1.82, 2.24) is 20.8 Å². The van der Waals surface area contributed by atoms with E-state index in [1.54, 1.807) is 0 Å². The molecule has 1 aromatic heterocycles. The van der Waals surface area contributed by atoms with Crippen molar-refractivity contribution in [2.75, 3.05) is 26.4 Å². The van der Waals surface area contributed by atoms with E-state index in [1.807, 2.05) is 0 Å². The number of hydrogen-bond donors (Lipinski definition) is 2. The van der Waals surface area contributed by atoms with Crippen LogP contribution >= 0.6 is 11.6 Å². The van der Waals surface area contributed by atoms with Gasteiger partial charge in [-0.2, -0.15) is 0 Å². The number of piperidine rings is 1. The zero-order valence-electron chi connectivity index (χ0n) is 18.6. The molecule has 1 amide bonds. The molecule has 2 aromatic rings. The molecule has 35 heavy (non-hydrogen) atoms. The second-order valence-electron chi connectivity index (χ2n) is 9.02. The highest BCUT2D eigenvalue weighted by Gasteiger charge is 2.84. The second kappa shape index (κ2) is 9.47. The number of aromatic nitrogens is 2. The zero-order valence-corrected chi connectivity index (χ0v) is 19.3. The largest absolute Gasteiger partial charge is 0.484 e. The van der Waals surface area contributed by atoms with Crippen LogP contribution < -0.4 is 20.1 Å². The fraction of sp³-hybridized carbons (Fsp3) is 0.591. The summed E-state index contributed by atoms with van der Waals surface area (Å²) < 4.78 is 61.4. The van der Waals surface area contributed by atoms with Gasteiger partial charge < -0.3 is 29.3 Å². The van der Waals surface area contributed by atoms with Crippen molar-refractivity contribution < 1.29 is 36.6 Å². The number of ether oxygens (including phenoxy) is 3. The van der Waals surface area contributed by atoms with Gasteiger partial charge >= 0.3 is 6.08 Å². The highest BCUT2D eigenvalue weighted by molar-refractivity contribution is 6.30. The molecule has 1 aliphatic heterocycles. The number of rotatable bonds is 10. The molecular formula is C22H24ClF3N4O5. The number of halogens is 4. The van der Waals surface area contributed by atoms with Crippen molar-refractivity contribution in [2.45, 2.75) is 49.8 Å². The highest BCUT2D eigenvalue weighted by atomic mass is 35.5. The summed E-state index contributed by atoms with van der Waals surface area (Å²) in [5.74, 6) is -2.96. The molecule has 1 aromatic carbocycles. The summed E-state index contributed by atoms with van der Waals surface area (Å²) in [4.78, 5) is 12.1. The molecule has 0 radical (unpaired) electrons. The van der Waals surface area contributed by atoms with Crippen molar-refractivity contribution in [3.8, 4) is 11.8 Å². The average molecular weight is 517 g/mol. The van der Waals surface area contributed by atoms with Crippen LogP contribution in [0.4, 0.5) is 13.2 Å². The molecule has 5 rings (SSSR count). The normalized spacial score (nSPS) is 28.5. The van der Waals surface area contributed by atoms with E-state index < -0.39 is 23.3 Å². The number of nitrogens with one attached hydrogen (secondary N) is 2. The summed E-state index contributed by atoms with van der Waals surface area (Å²) in [6, 6.07) is 3.65. The lowest BCUT2D eigenvalue weighted by Gasteiger charge is -2.28. The molecule has 3 aliphatic rings. The number of amides is 1. The van der Waals surface area contributed by atoms with Crippen LogP contribution in [0.3, 0.4) is 0 Å². The quantitative estimate of drug-likeness (QED) is 0.464. The molecule has 1 spiro atoms. The van der Waals surface area contributed by atoms with Crippen molar-refractivity contribution in [1.29, 1.82) is 0 Å². The molecule has 2 unspecified atom stereocenters. The van der Waals surface area contributed by atoms with Crippen LogP contribution in [0.5, 0.6) is 11.8 Å². The molecule has 0 bridgehead atoms. The Labute approximate surface area is 203 Å². The third kappa shape index (κ3) is 5.34. The van der Waals surface area contributed by atoms with E-state index in [4.69, 9.17) is 30.2 Å². The van der Waals surface area contributed by atoms with Gasteiger partial charge in [-0.05, 0) is 31.4 Å². The molecule has 2 aliphatic carbocycles. The van der Waals surface area contributed by atoms with Crippen LogP contribution in [0, 0.1) is 11.2 Å². The minimum atomic E-state index is -2.58. The predicted octanol–water partition coefficient (Wildman–Crippen LogP) is 3.04. The number of benzene rings is 1. The monoisotopic (exact) mass is 516 g/mol. The van der Waals surface area contributed by atoms with Crippen molar-refractivity contribution in [2.24, 2.45) is 5.41 Å². The van der Waals surface area contributed by atoms with Gasteiger partial charge in [-0.15, -0.1) is 5.10 Å². The van der Waals surface area contributed by atoms with Crippen LogP contribution in [-0.4, -0.2) is 60.5 Å². The maximum absolute atomic E-state index is 13.4. The minimum Gasteiger partial charge on any atom is -0.484 e. The molecule has 13 heteroatoms. The van der Waals surface area contributed by atoms with E-state index in [0.717, 1.165) is 6.07 Å². The van der Waals surface area contributed by atoms with Crippen LogP contribution in [0.2, 0.25) is 5.02 Å². The molecule has 2 N–H and O–H groups in total. The number of carbonyl (C=O) groups is 1. The van der Waals surface area contributed by atoms with Gasteiger partial charge in [0.15, 0.2) is 6.61 Å². The number of nitrogens with zero attached hydrogens (tertiary/aromatic N) is 2.